The van der Waals surface area contributed by atoms with Crippen LogP contribution in [-0.4, -0.2) is 67.2 Å². The van der Waals surface area contributed by atoms with Gasteiger partial charge in [0, 0.05) is 25.2 Å². The number of hydrazone groups is 1. The number of hydrogen-bond donors (Lipinski definition) is 4. The summed E-state index contributed by atoms with van der Waals surface area (Å²) in [6, 6.07) is 0.354. The molecule has 5 N–H and O–H groups in total. The number of aliphatic imine (C=N–C) groups is 1. The monoisotopic (exact) mass is 550 g/mol. The molecular weight excluding hydrogens is 504 g/mol. The molecule has 2 aliphatic carbocycles. The van der Waals surface area contributed by atoms with Crippen molar-refractivity contribution >= 4 is 40.9 Å². The van der Waals surface area contributed by atoms with Crippen LogP contribution in [0.5, 0.6) is 0 Å². The average molecular weight is 551 g/mol. The topological polar surface area (TPSA) is 147 Å². The number of carbonyl (C=O) groups excluding carboxylic acids is 3. The van der Waals surface area contributed by atoms with Gasteiger partial charge in [-0.3, -0.25) is 24.8 Å². The third kappa shape index (κ3) is 10.8. The number of nitrogens with two attached hydrogens (primary N) is 1. The number of nitrogens with zero attached hydrogens (tertiary/aromatic N) is 2. The first kappa shape index (κ1) is 31.8. The molecule has 0 bridgehead atoms. The van der Waals surface area contributed by atoms with Crippen LogP contribution in [0.25, 0.3) is 0 Å². The summed E-state index contributed by atoms with van der Waals surface area (Å²) < 4.78 is 5.45. The molecule has 3 amide bonds. The first-order valence-corrected chi connectivity index (χ1v) is 14.8. The van der Waals surface area contributed by atoms with Crippen molar-refractivity contribution in [3.05, 3.63) is 11.6 Å². The Hall–Kier alpha value is -2.40. The van der Waals surface area contributed by atoms with E-state index in [9.17, 15) is 14.4 Å². The number of thioether (sulfide) groups is 1. The Kier molecular flexibility index (Phi) is 13.3. The minimum Gasteiger partial charge on any atom is -0.381 e. The second kappa shape index (κ2) is 15.9. The van der Waals surface area contributed by atoms with Crippen LogP contribution < -0.4 is 21.8 Å². The lowest BCUT2D eigenvalue weighted by Crippen LogP contribution is -2.54. The van der Waals surface area contributed by atoms with Gasteiger partial charge in [-0.15, -0.1) is 11.8 Å². The van der Waals surface area contributed by atoms with Crippen molar-refractivity contribution in [1.82, 2.24) is 16.1 Å². The van der Waals surface area contributed by atoms with Crippen molar-refractivity contribution in [2.24, 2.45) is 33.1 Å². The molecule has 0 saturated heterocycles. The summed E-state index contributed by atoms with van der Waals surface area (Å²) in [4.78, 5) is 39.3. The van der Waals surface area contributed by atoms with Crippen molar-refractivity contribution in [2.45, 2.75) is 84.7 Å². The Morgan fingerprint density at radius 3 is 2.58 bits per heavy atom. The van der Waals surface area contributed by atoms with E-state index in [1.165, 1.54) is 31.0 Å². The standard InChI is InChI=1S/C15H26N4OS.C12H20N2O3/c1-11(2)9-16-10-17-19-14(21-3)13(20)18-12-7-15(8-12)5-4-6-15;1-8-6-10(11(13)15)12(16)14-9(2)4-3-5-17-7-8/h10-12H,4-9H2,1-3H3,(H,16,17)(H,18,20);6,8-9H,3-5,7H2,1-2H3,(H2,13,15)(H,14,16)/b19-14-;10-6-. The lowest BCUT2D eigenvalue weighted by molar-refractivity contribution is -0.122. The van der Waals surface area contributed by atoms with Crippen LogP contribution in [0, 0.1) is 17.3 Å². The molecule has 1 spiro atoms. The zero-order chi connectivity index (χ0) is 28.1. The molecule has 214 valence electrons. The summed E-state index contributed by atoms with van der Waals surface area (Å²) in [6.45, 7) is 9.93. The Labute approximate surface area is 231 Å². The van der Waals surface area contributed by atoms with Gasteiger partial charge in [-0.25, -0.2) is 0 Å². The number of primary amides is 1. The van der Waals surface area contributed by atoms with Crippen LogP contribution in [-0.2, 0) is 19.1 Å². The van der Waals surface area contributed by atoms with E-state index in [-0.39, 0.29) is 23.4 Å². The van der Waals surface area contributed by atoms with Crippen LogP contribution in [0.2, 0.25) is 0 Å². The predicted octanol–water partition coefficient (Wildman–Crippen LogP) is 2.74. The quantitative estimate of drug-likeness (QED) is 0.173. The van der Waals surface area contributed by atoms with Crippen LogP contribution in [0.1, 0.15) is 72.6 Å². The largest absolute Gasteiger partial charge is 0.381 e. The Morgan fingerprint density at radius 1 is 1.29 bits per heavy atom. The highest BCUT2D eigenvalue weighted by Crippen LogP contribution is 2.55. The molecule has 3 rings (SSSR count). The average Bonchev–Trinajstić information content (AvgIpc) is 2.82. The van der Waals surface area contributed by atoms with E-state index in [1.54, 1.807) is 12.4 Å². The maximum Gasteiger partial charge on any atom is 0.278 e. The summed E-state index contributed by atoms with van der Waals surface area (Å²) in [6.07, 6.45) is 13.0. The lowest BCUT2D eigenvalue weighted by atomic mass is 9.54. The van der Waals surface area contributed by atoms with Gasteiger partial charge in [0.15, 0.2) is 5.04 Å². The Morgan fingerprint density at radius 2 is 2.00 bits per heavy atom. The van der Waals surface area contributed by atoms with Crippen molar-refractivity contribution in [3.63, 3.8) is 0 Å². The number of carbonyl (C=O) groups is 3. The number of hydrogen-bond acceptors (Lipinski definition) is 7. The fourth-order valence-corrected chi connectivity index (χ4v) is 5.13. The third-order valence-corrected chi connectivity index (χ3v) is 7.59. The van der Waals surface area contributed by atoms with Gasteiger partial charge >= 0.3 is 0 Å². The second-order valence-electron chi connectivity index (χ2n) is 11.1. The molecule has 38 heavy (non-hydrogen) atoms. The minimum absolute atomic E-state index is 0.00310. The normalized spacial score (nSPS) is 25.6. The van der Waals surface area contributed by atoms with Crippen LogP contribution in [0.15, 0.2) is 21.7 Å². The maximum absolute atomic E-state index is 12.1. The molecule has 0 aromatic heterocycles. The van der Waals surface area contributed by atoms with Gasteiger partial charge in [-0.1, -0.05) is 33.3 Å². The highest BCUT2D eigenvalue weighted by molar-refractivity contribution is 8.15. The minimum atomic E-state index is -0.694. The summed E-state index contributed by atoms with van der Waals surface area (Å²) in [5, 5.41) is 10.4. The van der Waals surface area contributed by atoms with E-state index in [1.807, 2.05) is 20.1 Å². The van der Waals surface area contributed by atoms with Crippen molar-refractivity contribution < 1.29 is 19.1 Å². The maximum atomic E-state index is 12.1. The van der Waals surface area contributed by atoms with Gasteiger partial charge in [-0.05, 0) is 69.0 Å². The van der Waals surface area contributed by atoms with Crippen LogP contribution in [0.3, 0.4) is 0 Å². The van der Waals surface area contributed by atoms with Crippen molar-refractivity contribution in [3.8, 4) is 0 Å². The van der Waals surface area contributed by atoms with Gasteiger partial charge < -0.3 is 21.1 Å². The zero-order valence-electron chi connectivity index (χ0n) is 23.5. The number of ether oxygens (including phenoxy) is 1. The molecule has 2 fully saturated rings. The van der Waals surface area contributed by atoms with Crippen LogP contribution >= 0.6 is 11.8 Å². The molecule has 2 saturated carbocycles. The molecule has 0 aromatic rings. The molecule has 11 heteroatoms. The van der Waals surface area contributed by atoms with E-state index in [0.717, 1.165) is 32.2 Å². The molecule has 0 radical (unpaired) electrons. The lowest BCUT2D eigenvalue weighted by Gasteiger charge is -2.54. The fourth-order valence-electron chi connectivity index (χ4n) is 4.74. The third-order valence-electron chi connectivity index (χ3n) is 6.93. The molecule has 1 aliphatic heterocycles. The number of nitrogens with one attached hydrogen (secondary N) is 3. The smallest absolute Gasteiger partial charge is 0.278 e. The molecule has 1 heterocycles. The van der Waals surface area contributed by atoms with Gasteiger partial charge in [0.1, 0.15) is 11.9 Å². The highest BCUT2D eigenvalue weighted by atomic mass is 32.2. The molecule has 3 aliphatic rings. The number of rotatable bonds is 6. The summed E-state index contributed by atoms with van der Waals surface area (Å²) in [5.74, 6) is -0.643. The highest BCUT2D eigenvalue weighted by Gasteiger charge is 2.48. The fraction of sp³-hybridized carbons (Fsp3) is 0.741. The molecule has 2 atom stereocenters. The Bertz CT molecular complexity index is 892. The molecular formula is C27H46N6O4S. The van der Waals surface area contributed by atoms with Gasteiger partial charge in [0.25, 0.3) is 17.7 Å². The van der Waals surface area contributed by atoms with E-state index in [2.05, 4.69) is 40.0 Å². The summed E-state index contributed by atoms with van der Waals surface area (Å²) in [5.41, 5.74) is 8.54. The zero-order valence-corrected chi connectivity index (χ0v) is 24.4. The molecule has 0 aromatic carbocycles. The first-order chi connectivity index (χ1) is 18.0. The van der Waals surface area contributed by atoms with Gasteiger partial charge in [0.2, 0.25) is 0 Å². The Balaban J connectivity index is 0.000000273. The SMILES string of the molecule is CC1/C=C(/C(N)=O)C(=O)NC(C)CCCOC1.CS/C(=N\NC=NCC(C)C)C(=O)NC1CC2(CCC2)C1. The van der Waals surface area contributed by atoms with Gasteiger partial charge in [0.05, 0.1) is 6.61 Å². The predicted molar refractivity (Wildman–Crippen MR) is 154 cm³/mol. The van der Waals surface area contributed by atoms with E-state index in [4.69, 9.17) is 10.5 Å². The first-order valence-electron chi connectivity index (χ1n) is 13.6. The van der Waals surface area contributed by atoms with Crippen molar-refractivity contribution in [2.75, 3.05) is 26.0 Å². The van der Waals surface area contributed by atoms with Crippen LogP contribution in [0.4, 0.5) is 0 Å². The van der Waals surface area contributed by atoms with Gasteiger partial charge in [-0.2, -0.15) is 5.10 Å². The molecule has 10 nitrogen and oxygen atoms in total. The summed E-state index contributed by atoms with van der Waals surface area (Å²) in [7, 11) is 0. The summed E-state index contributed by atoms with van der Waals surface area (Å²) >= 11 is 1.35. The van der Waals surface area contributed by atoms with Crippen molar-refractivity contribution in [1.29, 1.82) is 0 Å². The van der Waals surface area contributed by atoms with E-state index in [0.29, 0.717) is 35.6 Å². The number of amides is 3. The molecule has 2 unspecified atom stereocenters. The van der Waals surface area contributed by atoms with E-state index >= 15 is 0 Å². The second-order valence-corrected chi connectivity index (χ2v) is 11.9. The van der Waals surface area contributed by atoms with E-state index < -0.39 is 11.8 Å².